The maximum absolute atomic E-state index is 9.09. The SMILES string of the molecule is CC(C)(C)Cn1c(Cc2ccc(N)cc2)cc2cnc(C#N)nc21. The summed E-state index contributed by atoms with van der Waals surface area (Å²) in [6, 6.07) is 12.1. The van der Waals surface area contributed by atoms with Crippen molar-refractivity contribution in [3.05, 3.63) is 53.6 Å². The van der Waals surface area contributed by atoms with Gasteiger partial charge in [0, 0.05) is 35.9 Å². The summed E-state index contributed by atoms with van der Waals surface area (Å²) in [6.45, 7) is 7.40. The quantitative estimate of drug-likeness (QED) is 0.749. The second-order valence-corrected chi connectivity index (χ2v) is 7.29. The standard InChI is InChI=1S/C19H21N5/c1-19(2,3)12-24-16(8-13-4-6-15(21)7-5-13)9-14-11-22-17(10-20)23-18(14)24/h4-7,9,11H,8,12,21H2,1-3H3. The molecule has 0 unspecified atom stereocenters. The van der Waals surface area contributed by atoms with Crippen LogP contribution in [0.15, 0.2) is 36.5 Å². The molecule has 0 amide bonds. The predicted molar refractivity (Wildman–Crippen MR) is 95.4 cm³/mol. The van der Waals surface area contributed by atoms with Gasteiger partial charge in [0.15, 0.2) is 0 Å². The van der Waals surface area contributed by atoms with Crippen LogP contribution in [0.5, 0.6) is 0 Å². The normalized spacial score (nSPS) is 11.6. The van der Waals surface area contributed by atoms with Crippen molar-refractivity contribution in [3.8, 4) is 6.07 Å². The first-order valence-corrected chi connectivity index (χ1v) is 7.95. The Morgan fingerprint density at radius 2 is 1.92 bits per heavy atom. The van der Waals surface area contributed by atoms with E-state index in [1.165, 1.54) is 5.56 Å². The van der Waals surface area contributed by atoms with Gasteiger partial charge < -0.3 is 10.3 Å². The summed E-state index contributed by atoms with van der Waals surface area (Å²) in [5, 5.41) is 10.1. The topological polar surface area (TPSA) is 80.5 Å². The fraction of sp³-hybridized carbons (Fsp3) is 0.316. The van der Waals surface area contributed by atoms with Crippen LogP contribution in [-0.4, -0.2) is 14.5 Å². The molecular weight excluding hydrogens is 298 g/mol. The van der Waals surface area contributed by atoms with Crippen molar-refractivity contribution in [1.29, 1.82) is 5.26 Å². The number of aromatic nitrogens is 3. The van der Waals surface area contributed by atoms with Crippen LogP contribution >= 0.6 is 0 Å². The largest absolute Gasteiger partial charge is 0.399 e. The zero-order valence-corrected chi connectivity index (χ0v) is 14.2. The van der Waals surface area contributed by atoms with Crippen molar-refractivity contribution in [3.63, 3.8) is 0 Å². The minimum atomic E-state index is 0.0968. The van der Waals surface area contributed by atoms with Gasteiger partial charge in [-0.15, -0.1) is 0 Å². The Balaban J connectivity index is 2.09. The fourth-order valence-electron chi connectivity index (χ4n) is 2.79. The van der Waals surface area contributed by atoms with Crippen LogP contribution in [0.3, 0.4) is 0 Å². The number of fused-ring (bicyclic) bond motifs is 1. The van der Waals surface area contributed by atoms with Crippen LogP contribution in [-0.2, 0) is 13.0 Å². The molecule has 5 heteroatoms. The third kappa shape index (κ3) is 3.38. The number of rotatable bonds is 3. The third-order valence-electron chi connectivity index (χ3n) is 3.82. The maximum atomic E-state index is 9.09. The van der Waals surface area contributed by atoms with Gasteiger partial charge in [-0.2, -0.15) is 5.26 Å². The number of nitrogens with two attached hydrogens (primary N) is 1. The Labute approximate surface area is 141 Å². The highest BCUT2D eigenvalue weighted by atomic mass is 15.1. The molecule has 2 aromatic heterocycles. The van der Waals surface area contributed by atoms with Crippen molar-refractivity contribution in [2.24, 2.45) is 5.41 Å². The molecule has 0 saturated heterocycles. The molecule has 2 N–H and O–H groups in total. The average molecular weight is 319 g/mol. The number of hydrogen-bond acceptors (Lipinski definition) is 4. The van der Waals surface area contributed by atoms with E-state index in [-0.39, 0.29) is 11.2 Å². The average Bonchev–Trinajstić information content (AvgIpc) is 2.85. The van der Waals surface area contributed by atoms with E-state index in [4.69, 9.17) is 11.0 Å². The van der Waals surface area contributed by atoms with Gasteiger partial charge in [0.2, 0.25) is 5.82 Å². The molecule has 0 aliphatic heterocycles. The molecule has 0 spiro atoms. The first-order valence-electron chi connectivity index (χ1n) is 7.95. The van der Waals surface area contributed by atoms with Crippen molar-refractivity contribution in [1.82, 2.24) is 14.5 Å². The van der Waals surface area contributed by atoms with E-state index in [1.54, 1.807) is 6.20 Å². The molecule has 24 heavy (non-hydrogen) atoms. The van der Waals surface area contributed by atoms with Crippen molar-refractivity contribution < 1.29 is 0 Å². The van der Waals surface area contributed by atoms with Gasteiger partial charge in [0.25, 0.3) is 0 Å². The molecule has 0 bridgehead atoms. The van der Waals surface area contributed by atoms with Gasteiger partial charge in [0.05, 0.1) is 0 Å². The summed E-state index contributed by atoms with van der Waals surface area (Å²) in [4.78, 5) is 8.52. The lowest BCUT2D eigenvalue weighted by Crippen LogP contribution is -2.18. The zero-order valence-electron chi connectivity index (χ0n) is 14.2. The van der Waals surface area contributed by atoms with E-state index in [0.29, 0.717) is 0 Å². The Hall–Kier alpha value is -2.87. The number of benzene rings is 1. The summed E-state index contributed by atoms with van der Waals surface area (Å²) in [5.74, 6) is 0.204. The molecule has 2 heterocycles. The highest BCUT2D eigenvalue weighted by Gasteiger charge is 2.18. The van der Waals surface area contributed by atoms with E-state index in [1.807, 2.05) is 30.3 Å². The Morgan fingerprint density at radius 3 is 2.54 bits per heavy atom. The number of nitrogen functional groups attached to an aromatic ring is 1. The van der Waals surface area contributed by atoms with Crippen LogP contribution in [0.2, 0.25) is 0 Å². The lowest BCUT2D eigenvalue weighted by Gasteiger charge is -2.21. The number of nitrogens with zero attached hydrogens (tertiary/aromatic N) is 4. The monoisotopic (exact) mass is 319 g/mol. The molecule has 0 saturated carbocycles. The van der Waals surface area contributed by atoms with E-state index in [9.17, 15) is 0 Å². The zero-order chi connectivity index (χ0) is 17.3. The number of anilines is 1. The molecule has 0 aliphatic rings. The highest BCUT2D eigenvalue weighted by molar-refractivity contribution is 5.77. The highest BCUT2D eigenvalue weighted by Crippen LogP contribution is 2.26. The van der Waals surface area contributed by atoms with E-state index >= 15 is 0 Å². The number of nitriles is 1. The molecule has 0 aliphatic carbocycles. The molecule has 0 radical (unpaired) electrons. The second-order valence-electron chi connectivity index (χ2n) is 7.29. The fourth-order valence-corrected chi connectivity index (χ4v) is 2.79. The third-order valence-corrected chi connectivity index (χ3v) is 3.82. The molecule has 0 fully saturated rings. The predicted octanol–water partition coefficient (Wildman–Crippen LogP) is 3.52. The van der Waals surface area contributed by atoms with Crippen LogP contribution in [0, 0.1) is 16.7 Å². The summed E-state index contributed by atoms with van der Waals surface area (Å²) < 4.78 is 2.20. The molecule has 1 aromatic carbocycles. The first kappa shape index (κ1) is 16.0. The first-order chi connectivity index (χ1) is 11.4. The lowest BCUT2D eigenvalue weighted by atomic mass is 9.96. The van der Waals surface area contributed by atoms with Gasteiger partial charge in [-0.25, -0.2) is 9.97 Å². The Bertz CT molecular complexity index is 908. The van der Waals surface area contributed by atoms with Gasteiger partial charge in [0.1, 0.15) is 11.7 Å². The molecule has 0 atom stereocenters. The number of hydrogen-bond donors (Lipinski definition) is 1. The molecule has 5 nitrogen and oxygen atoms in total. The van der Waals surface area contributed by atoms with E-state index in [0.717, 1.165) is 35.4 Å². The summed E-state index contributed by atoms with van der Waals surface area (Å²) in [6.07, 6.45) is 2.52. The van der Waals surface area contributed by atoms with Crippen LogP contribution in [0.4, 0.5) is 5.69 Å². The van der Waals surface area contributed by atoms with Crippen LogP contribution in [0.1, 0.15) is 37.9 Å². The lowest BCUT2D eigenvalue weighted by molar-refractivity contribution is 0.344. The van der Waals surface area contributed by atoms with E-state index in [2.05, 4.69) is 41.4 Å². The van der Waals surface area contributed by atoms with Crippen molar-refractivity contribution in [2.45, 2.75) is 33.7 Å². The van der Waals surface area contributed by atoms with E-state index < -0.39 is 0 Å². The summed E-state index contributed by atoms with van der Waals surface area (Å²) in [7, 11) is 0. The van der Waals surface area contributed by atoms with Crippen molar-refractivity contribution >= 4 is 16.7 Å². The van der Waals surface area contributed by atoms with Gasteiger partial charge in [-0.1, -0.05) is 32.9 Å². The molecule has 3 aromatic rings. The Kier molecular flexibility index (Phi) is 3.98. The van der Waals surface area contributed by atoms with Crippen LogP contribution < -0.4 is 5.73 Å². The van der Waals surface area contributed by atoms with Gasteiger partial charge in [-0.3, -0.25) is 0 Å². The summed E-state index contributed by atoms with van der Waals surface area (Å²) >= 11 is 0. The summed E-state index contributed by atoms with van der Waals surface area (Å²) in [5.41, 5.74) is 9.80. The molecular formula is C19H21N5. The Morgan fingerprint density at radius 1 is 1.21 bits per heavy atom. The smallest absolute Gasteiger partial charge is 0.234 e. The van der Waals surface area contributed by atoms with Gasteiger partial charge >= 0.3 is 0 Å². The maximum Gasteiger partial charge on any atom is 0.234 e. The second kappa shape index (κ2) is 5.97. The van der Waals surface area contributed by atoms with Gasteiger partial charge in [-0.05, 0) is 29.2 Å². The van der Waals surface area contributed by atoms with Crippen LogP contribution in [0.25, 0.3) is 11.0 Å². The molecule has 3 rings (SSSR count). The minimum Gasteiger partial charge on any atom is -0.399 e. The minimum absolute atomic E-state index is 0.0968. The molecule has 122 valence electrons. The van der Waals surface area contributed by atoms with Crippen molar-refractivity contribution in [2.75, 3.05) is 5.73 Å².